The molecule has 106 valence electrons. The van der Waals surface area contributed by atoms with Gasteiger partial charge in [0.05, 0.1) is 18.2 Å². The van der Waals surface area contributed by atoms with E-state index in [9.17, 15) is 18.3 Å². The van der Waals surface area contributed by atoms with Crippen LogP contribution in [-0.2, 0) is 19.1 Å². The Morgan fingerprint density at radius 2 is 1.90 bits per heavy atom. The van der Waals surface area contributed by atoms with E-state index in [1.54, 1.807) is 4.68 Å². The molecule has 1 atom stereocenters. The molecule has 1 aromatic carbocycles. The summed E-state index contributed by atoms with van der Waals surface area (Å²) in [5.74, 6) is 1.15. The van der Waals surface area contributed by atoms with Crippen molar-refractivity contribution < 1.29 is 18.3 Å². The van der Waals surface area contributed by atoms with Crippen LogP contribution in [0.15, 0.2) is 24.3 Å². The summed E-state index contributed by atoms with van der Waals surface area (Å²) in [7, 11) is 0. The lowest BCUT2D eigenvalue weighted by Gasteiger charge is -2.16. The highest BCUT2D eigenvalue weighted by atomic mass is 19.4. The second-order valence-corrected chi connectivity index (χ2v) is 4.80. The first-order valence-electron chi connectivity index (χ1n) is 6.23. The Morgan fingerprint density at radius 1 is 1.20 bits per heavy atom. The van der Waals surface area contributed by atoms with Gasteiger partial charge in [-0.2, -0.15) is 18.3 Å². The van der Waals surface area contributed by atoms with Gasteiger partial charge in [-0.1, -0.05) is 12.1 Å². The third-order valence-corrected chi connectivity index (χ3v) is 3.30. The number of hydrogen-bond donors (Lipinski definition) is 1. The van der Waals surface area contributed by atoms with E-state index in [0.717, 1.165) is 18.0 Å². The number of hydrogen-bond acceptors (Lipinski definition) is 3. The maximum absolute atomic E-state index is 12.5. The molecule has 4 nitrogen and oxygen atoms in total. The molecule has 2 heterocycles. The zero-order chi connectivity index (χ0) is 14.3. The molecule has 1 aromatic heterocycles. The van der Waals surface area contributed by atoms with Crippen LogP contribution >= 0.6 is 0 Å². The first-order valence-corrected chi connectivity index (χ1v) is 6.23. The van der Waals surface area contributed by atoms with Crippen molar-refractivity contribution in [1.82, 2.24) is 14.8 Å². The first kappa shape index (κ1) is 13.1. The van der Waals surface area contributed by atoms with Gasteiger partial charge in [0.15, 0.2) is 5.82 Å². The van der Waals surface area contributed by atoms with E-state index in [1.807, 2.05) is 0 Å². The maximum atomic E-state index is 12.5. The summed E-state index contributed by atoms with van der Waals surface area (Å²) >= 11 is 0. The van der Waals surface area contributed by atoms with Crippen LogP contribution < -0.4 is 0 Å². The largest absolute Gasteiger partial charge is 0.416 e. The molecule has 1 N–H and O–H groups in total. The number of aliphatic hydroxyl groups is 1. The number of alkyl halides is 3. The predicted molar refractivity (Wildman–Crippen MR) is 64.8 cm³/mol. The molecule has 2 aromatic rings. The SMILES string of the molecule is OC1CCc2nc(-c3ccc(C(F)(F)F)cc3)nn2C1. The Hall–Kier alpha value is -1.89. The fourth-order valence-electron chi connectivity index (χ4n) is 2.22. The van der Waals surface area contributed by atoms with E-state index in [2.05, 4.69) is 10.1 Å². The molecule has 7 heteroatoms. The van der Waals surface area contributed by atoms with Crippen LogP contribution in [0.25, 0.3) is 11.4 Å². The zero-order valence-electron chi connectivity index (χ0n) is 10.4. The van der Waals surface area contributed by atoms with Crippen LogP contribution in [0.4, 0.5) is 13.2 Å². The van der Waals surface area contributed by atoms with Gasteiger partial charge >= 0.3 is 6.18 Å². The Kier molecular flexibility index (Phi) is 3.01. The Morgan fingerprint density at radius 3 is 2.55 bits per heavy atom. The van der Waals surface area contributed by atoms with Crippen molar-refractivity contribution >= 4 is 0 Å². The number of rotatable bonds is 1. The predicted octanol–water partition coefficient (Wildman–Crippen LogP) is 2.27. The molecule has 0 radical (unpaired) electrons. The van der Waals surface area contributed by atoms with Crippen molar-refractivity contribution in [2.24, 2.45) is 0 Å². The molecular weight excluding hydrogens is 271 g/mol. The standard InChI is InChI=1S/C13H12F3N3O/c14-13(15,16)9-3-1-8(2-4-9)12-17-11-6-5-10(20)7-19(11)18-12/h1-4,10,20H,5-7H2. The third-order valence-electron chi connectivity index (χ3n) is 3.30. The van der Waals surface area contributed by atoms with E-state index in [1.165, 1.54) is 12.1 Å². The van der Waals surface area contributed by atoms with Gasteiger partial charge in [-0.05, 0) is 18.6 Å². The number of fused-ring (bicyclic) bond motifs is 1. The highest BCUT2D eigenvalue weighted by Crippen LogP contribution is 2.30. The molecule has 0 saturated carbocycles. The molecule has 1 aliphatic heterocycles. The van der Waals surface area contributed by atoms with Crippen LogP contribution in [0.2, 0.25) is 0 Å². The minimum Gasteiger partial charge on any atom is -0.391 e. The quantitative estimate of drug-likeness (QED) is 0.873. The molecule has 0 bridgehead atoms. The van der Waals surface area contributed by atoms with Crippen molar-refractivity contribution in [3.05, 3.63) is 35.7 Å². The Balaban J connectivity index is 1.90. The first-order chi connectivity index (χ1) is 9.43. The van der Waals surface area contributed by atoms with Gasteiger partial charge in [0.1, 0.15) is 5.82 Å². The topological polar surface area (TPSA) is 50.9 Å². The fraction of sp³-hybridized carbons (Fsp3) is 0.385. The van der Waals surface area contributed by atoms with Crippen LogP contribution in [0.3, 0.4) is 0 Å². The average Bonchev–Trinajstić information content (AvgIpc) is 2.80. The van der Waals surface area contributed by atoms with E-state index in [0.29, 0.717) is 30.8 Å². The molecule has 0 amide bonds. The van der Waals surface area contributed by atoms with Gasteiger partial charge in [0.25, 0.3) is 0 Å². The summed E-state index contributed by atoms with van der Waals surface area (Å²) in [4.78, 5) is 4.31. The summed E-state index contributed by atoms with van der Waals surface area (Å²) in [5.41, 5.74) is -0.157. The number of benzene rings is 1. The minimum atomic E-state index is -4.34. The number of halogens is 3. The van der Waals surface area contributed by atoms with E-state index in [-0.39, 0.29) is 0 Å². The molecule has 0 saturated heterocycles. The molecule has 1 unspecified atom stereocenters. The lowest BCUT2D eigenvalue weighted by atomic mass is 10.1. The molecule has 0 aliphatic carbocycles. The maximum Gasteiger partial charge on any atom is 0.416 e. The summed E-state index contributed by atoms with van der Waals surface area (Å²) in [6.07, 6.45) is -3.53. The third kappa shape index (κ3) is 2.40. The highest BCUT2D eigenvalue weighted by Gasteiger charge is 2.30. The smallest absolute Gasteiger partial charge is 0.391 e. The van der Waals surface area contributed by atoms with Crippen molar-refractivity contribution in [1.29, 1.82) is 0 Å². The minimum absolute atomic E-state index is 0.378. The second kappa shape index (κ2) is 4.59. The lowest BCUT2D eigenvalue weighted by Crippen LogP contribution is -2.25. The van der Waals surface area contributed by atoms with Gasteiger partial charge < -0.3 is 5.11 Å². The molecule has 0 fully saturated rings. The second-order valence-electron chi connectivity index (χ2n) is 4.80. The van der Waals surface area contributed by atoms with Gasteiger partial charge in [-0.3, -0.25) is 0 Å². The fourth-order valence-corrected chi connectivity index (χ4v) is 2.22. The monoisotopic (exact) mass is 283 g/mol. The molecular formula is C13H12F3N3O. The lowest BCUT2D eigenvalue weighted by molar-refractivity contribution is -0.137. The van der Waals surface area contributed by atoms with Crippen LogP contribution in [-0.4, -0.2) is 26.0 Å². The summed E-state index contributed by atoms with van der Waals surface area (Å²) in [6.45, 7) is 0.378. The van der Waals surface area contributed by atoms with Gasteiger partial charge in [0, 0.05) is 12.0 Å². The summed E-state index contributed by atoms with van der Waals surface area (Å²) in [5, 5.41) is 13.8. The van der Waals surface area contributed by atoms with Gasteiger partial charge in [-0.15, -0.1) is 0 Å². The van der Waals surface area contributed by atoms with Crippen LogP contribution in [0, 0.1) is 0 Å². The molecule has 1 aliphatic rings. The van der Waals surface area contributed by atoms with Crippen molar-refractivity contribution in [3.8, 4) is 11.4 Å². The number of nitrogens with zero attached hydrogens (tertiary/aromatic N) is 3. The Bertz CT molecular complexity index is 619. The number of aryl methyl sites for hydroxylation is 1. The van der Waals surface area contributed by atoms with Gasteiger partial charge in [0.2, 0.25) is 0 Å². The average molecular weight is 283 g/mol. The molecule has 0 spiro atoms. The number of aliphatic hydroxyl groups excluding tert-OH is 1. The normalized spacial score (nSPS) is 18.9. The molecule has 20 heavy (non-hydrogen) atoms. The van der Waals surface area contributed by atoms with E-state index >= 15 is 0 Å². The summed E-state index contributed by atoms with van der Waals surface area (Å²) < 4.78 is 39.1. The van der Waals surface area contributed by atoms with Crippen molar-refractivity contribution in [2.45, 2.75) is 31.7 Å². The van der Waals surface area contributed by atoms with Crippen LogP contribution in [0.1, 0.15) is 17.8 Å². The number of aromatic nitrogens is 3. The van der Waals surface area contributed by atoms with Gasteiger partial charge in [-0.25, -0.2) is 9.67 Å². The molecule has 3 rings (SSSR count). The summed E-state index contributed by atoms with van der Waals surface area (Å²) in [6, 6.07) is 4.76. The van der Waals surface area contributed by atoms with E-state index < -0.39 is 17.8 Å². The highest BCUT2D eigenvalue weighted by molar-refractivity contribution is 5.55. The zero-order valence-corrected chi connectivity index (χ0v) is 10.4. The van der Waals surface area contributed by atoms with Crippen LogP contribution in [0.5, 0.6) is 0 Å². The van der Waals surface area contributed by atoms with Crippen molar-refractivity contribution in [3.63, 3.8) is 0 Å². The van der Waals surface area contributed by atoms with Crippen molar-refractivity contribution in [2.75, 3.05) is 0 Å². The Labute approximate surface area is 112 Å². The van der Waals surface area contributed by atoms with E-state index in [4.69, 9.17) is 0 Å².